The molecule has 0 fully saturated rings. The fraction of sp³-hybridized carbons (Fsp3) is 0.316. The molecule has 1 unspecified atom stereocenters. The van der Waals surface area contributed by atoms with Crippen molar-refractivity contribution < 1.29 is 5.11 Å². The van der Waals surface area contributed by atoms with Gasteiger partial charge in [0.05, 0.1) is 13.2 Å². The maximum absolute atomic E-state index is 9.56. The summed E-state index contributed by atoms with van der Waals surface area (Å²) >= 11 is 0. The zero-order valence-electron chi connectivity index (χ0n) is 13.6. The zero-order valence-corrected chi connectivity index (χ0v) is 15.9. The third kappa shape index (κ3) is 4.70. The molecular weight excluding hydrogens is 413 g/mol. The molecule has 0 aromatic heterocycles. The van der Waals surface area contributed by atoms with Gasteiger partial charge in [-0.15, -0.1) is 24.0 Å². The van der Waals surface area contributed by atoms with Crippen molar-refractivity contribution >= 4 is 35.6 Å². The molecule has 24 heavy (non-hydrogen) atoms. The number of nitrogens with one attached hydrogen (secondary N) is 1. The lowest BCUT2D eigenvalue weighted by atomic mass is 10.0. The molecular formula is C19H24IN3O. The van der Waals surface area contributed by atoms with E-state index in [-0.39, 0.29) is 36.5 Å². The molecule has 4 nitrogen and oxygen atoms in total. The fourth-order valence-electron chi connectivity index (χ4n) is 3.04. The van der Waals surface area contributed by atoms with Crippen LogP contribution in [-0.2, 0) is 12.8 Å². The van der Waals surface area contributed by atoms with E-state index in [0.717, 1.165) is 17.7 Å². The quantitative estimate of drug-likeness (QED) is 0.382. The maximum Gasteiger partial charge on any atom is 0.193 e. The summed E-state index contributed by atoms with van der Waals surface area (Å²) in [4.78, 5) is 4.38. The van der Waals surface area contributed by atoms with Crippen molar-refractivity contribution in [1.82, 2.24) is 0 Å². The van der Waals surface area contributed by atoms with E-state index in [4.69, 9.17) is 5.73 Å². The number of guanidine groups is 1. The molecule has 0 heterocycles. The number of hydrogen-bond donors (Lipinski definition) is 3. The Morgan fingerprint density at radius 3 is 2.62 bits per heavy atom. The first kappa shape index (κ1) is 18.7. The van der Waals surface area contributed by atoms with Crippen molar-refractivity contribution in [3.05, 3.63) is 65.2 Å². The van der Waals surface area contributed by atoms with E-state index in [0.29, 0.717) is 12.5 Å². The predicted octanol–water partition coefficient (Wildman–Crippen LogP) is 3.30. The van der Waals surface area contributed by atoms with E-state index < -0.39 is 0 Å². The Morgan fingerprint density at radius 1 is 1.12 bits per heavy atom. The number of rotatable bonds is 5. The summed E-state index contributed by atoms with van der Waals surface area (Å²) in [5.74, 6) is 0.355. The van der Waals surface area contributed by atoms with E-state index in [9.17, 15) is 5.11 Å². The number of aliphatic hydroxyl groups is 1. The van der Waals surface area contributed by atoms with Crippen LogP contribution in [-0.4, -0.2) is 24.2 Å². The number of hydrogen-bond acceptors (Lipinski definition) is 2. The van der Waals surface area contributed by atoms with Crippen LogP contribution in [0.4, 0.5) is 5.69 Å². The zero-order chi connectivity index (χ0) is 16.1. The molecule has 0 radical (unpaired) electrons. The molecule has 3 rings (SSSR count). The van der Waals surface area contributed by atoms with Crippen LogP contribution in [0, 0.1) is 0 Å². The lowest BCUT2D eigenvalue weighted by Gasteiger charge is -2.13. The maximum atomic E-state index is 9.56. The second-order valence-electron chi connectivity index (χ2n) is 5.98. The SMILES string of the molecule is I.NC(=NCC(CO)c1ccccc1)Nc1ccc2c(c1)CCC2. The third-order valence-corrected chi connectivity index (χ3v) is 4.34. The normalized spacial score (nSPS) is 14.6. The number of anilines is 1. The Morgan fingerprint density at radius 2 is 1.88 bits per heavy atom. The Hall–Kier alpha value is -1.60. The Bertz CT molecular complexity index is 688. The van der Waals surface area contributed by atoms with Gasteiger partial charge in [-0.05, 0) is 48.1 Å². The molecule has 2 aromatic carbocycles. The Labute approximate surface area is 160 Å². The third-order valence-electron chi connectivity index (χ3n) is 4.34. The van der Waals surface area contributed by atoms with Crippen molar-refractivity contribution in [2.45, 2.75) is 25.2 Å². The monoisotopic (exact) mass is 437 g/mol. The Balaban J connectivity index is 0.00000208. The summed E-state index contributed by atoms with van der Waals surface area (Å²) in [5, 5.41) is 12.7. The summed E-state index contributed by atoms with van der Waals surface area (Å²) in [6.07, 6.45) is 3.55. The van der Waals surface area contributed by atoms with Gasteiger partial charge in [0, 0.05) is 11.6 Å². The second-order valence-corrected chi connectivity index (χ2v) is 5.98. The minimum atomic E-state index is -0.0310. The molecule has 0 bridgehead atoms. The van der Waals surface area contributed by atoms with Gasteiger partial charge in [0.1, 0.15) is 0 Å². The molecule has 1 atom stereocenters. The van der Waals surface area contributed by atoms with E-state index in [1.807, 2.05) is 36.4 Å². The summed E-state index contributed by atoms with van der Waals surface area (Å²) in [6.45, 7) is 0.518. The molecule has 0 aliphatic heterocycles. The molecule has 128 valence electrons. The minimum Gasteiger partial charge on any atom is -0.396 e. The van der Waals surface area contributed by atoms with Crippen LogP contribution >= 0.6 is 24.0 Å². The summed E-state index contributed by atoms with van der Waals surface area (Å²) in [5.41, 5.74) is 10.9. The van der Waals surface area contributed by atoms with Crippen LogP contribution in [0.25, 0.3) is 0 Å². The average molecular weight is 437 g/mol. The highest BCUT2D eigenvalue weighted by Crippen LogP contribution is 2.24. The van der Waals surface area contributed by atoms with Crippen LogP contribution in [0.2, 0.25) is 0 Å². The van der Waals surface area contributed by atoms with Crippen LogP contribution in [0.15, 0.2) is 53.5 Å². The molecule has 0 spiro atoms. The number of halogens is 1. The standard InChI is InChI=1S/C19H23N3O.HI/c20-19(21-12-17(13-23)14-5-2-1-3-6-14)22-18-10-9-15-7-4-8-16(15)11-18;/h1-3,5-6,9-11,17,23H,4,7-8,12-13H2,(H3,20,21,22);1H. The number of aliphatic imine (C=N–C) groups is 1. The van der Waals surface area contributed by atoms with Gasteiger partial charge in [0.25, 0.3) is 0 Å². The summed E-state index contributed by atoms with van der Waals surface area (Å²) < 4.78 is 0. The molecule has 0 saturated carbocycles. The van der Waals surface area contributed by atoms with Crippen molar-refractivity contribution in [1.29, 1.82) is 0 Å². The van der Waals surface area contributed by atoms with Crippen molar-refractivity contribution in [3.8, 4) is 0 Å². The number of fused-ring (bicyclic) bond motifs is 1. The average Bonchev–Trinajstić information content (AvgIpc) is 3.04. The van der Waals surface area contributed by atoms with Gasteiger partial charge in [0.15, 0.2) is 5.96 Å². The van der Waals surface area contributed by atoms with Gasteiger partial charge in [-0.1, -0.05) is 36.4 Å². The van der Waals surface area contributed by atoms with Gasteiger partial charge in [-0.25, -0.2) is 0 Å². The molecule has 4 N–H and O–H groups in total. The molecule has 1 aliphatic rings. The number of nitrogens with zero attached hydrogens (tertiary/aromatic N) is 1. The second kappa shape index (κ2) is 9.03. The molecule has 0 saturated heterocycles. The number of aryl methyl sites for hydroxylation is 2. The first-order chi connectivity index (χ1) is 11.3. The molecule has 1 aliphatic carbocycles. The van der Waals surface area contributed by atoms with Gasteiger partial charge in [-0.3, -0.25) is 4.99 Å². The largest absolute Gasteiger partial charge is 0.396 e. The van der Waals surface area contributed by atoms with Gasteiger partial charge < -0.3 is 16.2 Å². The van der Waals surface area contributed by atoms with Crippen LogP contribution in [0.3, 0.4) is 0 Å². The first-order valence-corrected chi connectivity index (χ1v) is 8.11. The predicted molar refractivity (Wildman–Crippen MR) is 110 cm³/mol. The van der Waals surface area contributed by atoms with Crippen LogP contribution < -0.4 is 11.1 Å². The fourth-order valence-corrected chi connectivity index (χ4v) is 3.04. The molecule has 5 heteroatoms. The van der Waals surface area contributed by atoms with Gasteiger partial charge >= 0.3 is 0 Å². The topological polar surface area (TPSA) is 70.6 Å². The summed E-state index contributed by atoms with van der Waals surface area (Å²) in [6, 6.07) is 16.3. The van der Waals surface area contributed by atoms with Crippen molar-refractivity contribution in [2.75, 3.05) is 18.5 Å². The molecule has 0 amide bonds. The summed E-state index contributed by atoms with van der Waals surface area (Å²) in [7, 11) is 0. The number of aliphatic hydroxyl groups excluding tert-OH is 1. The highest BCUT2D eigenvalue weighted by Gasteiger charge is 2.12. The van der Waals surface area contributed by atoms with Gasteiger partial charge in [0.2, 0.25) is 0 Å². The lowest BCUT2D eigenvalue weighted by Crippen LogP contribution is -2.24. The van der Waals surface area contributed by atoms with Gasteiger partial charge in [-0.2, -0.15) is 0 Å². The van der Waals surface area contributed by atoms with E-state index in [1.165, 1.54) is 24.0 Å². The minimum absolute atomic E-state index is 0. The van der Waals surface area contributed by atoms with Crippen molar-refractivity contribution in [3.63, 3.8) is 0 Å². The first-order valence-electron chi connectivity index (χ1n) is 8.11. The van der Waals surface area contributed by atoms with E-state index in [1.54, 1.807) is 0 Å². The van der Waals surface area contributed by atoms with Crippen LogP contribution in [0.1, 0.15) is 29.0 Å². The van der Waals surface area contributed by atoms with Crippen molar-refractivity contribution in [2.24, 2.45) is 10.7 Å². The smallest absolute Gasteiger partial charge is 0.193 e. The lowest BCUT2D eigenvalue weighted by molar-refractivity contribution is 0.268. The Kier molecular flexibility index (Phi) is 7.05. The highest BCUT2D eigenvalue weighted by atomic mass is 127. The van der Waals surface area contributed by atoms with E-state index in [2.05, 4.69) is 22.4 Å². The highest BCUT2D eigenvalue weighted by molar-refractivity contribution is 14.0. The van der Waals surface area contributed by atoms with Crippen LogP contribution in [0.5, 0.6) is 0 Å². The number of benzene rings is 2. The van der Waals surface area contributed by atoms with E-state index >= 15 is 0 Å². The number of nitrogens with two attached hydrogens (primary N) is 1. The molecule has 2 aromatic rings.